The van der Waals surface area contributed by atoms with Gasteiger partial charge in [0.25, 0.3) is 0 Å². The van der Waals surface area contributed by atoms with Gasteiger partial charge in [-0.3, -0.25) is 4.90 Å². The molecule has 3 heteroatoms. The molecule has 0 bridgehead atoms. The summed E-state index contributed by atoms with van der Waals surface area (Å²) in [6, 6.07) is 6.83. The zero-order chi connectivity index (χ0) is 13.1. The molecular weight excluding hydrogens is 241 g/mol. The summed E-state index contributed by atoms with van der Waals surface area (Å²) >= 11 is 0. The maximum Gasteiger partial charge on any atom is 0.123 e. The van der Waals surface area contributed by atoms with E-state index in [0.717, 1.165) is 44.8 Å². The lowest BCUT2D eigenvalue weighted by atomic mass is 9.98. The lowest BCUT2D eigenvalue weighted by Crippen LogP contribution is -2.33. The van der Waals surface area contributed by atoms with E-state index in [4.69, 9.17) is 4.74 Å². The first kappa shape index (κ1) is 12.8. The highest BCUT2D eigenvalue weighted by molar-refractivity contribution is 5.66. The predicted molar refractivity (Wildman–Crippen MR) is 74.4 cm³/mol. The molecule has 19 heavy (non-hydrogen) atoms. The van der Waals surface area contributed by atoms with E-state index in [1.54, 1.807) is 12.1 Å². The van der Waals surface area contributed by atoms with Crippen LogP contribution < -0.4 is 0 Å². The lowest BCUT2D eigenvalue weighted by Gasteiger charge is -2.28. The summed E-state index contributed by atoms with van der Waals surface area (Å²) in [6.07, 6.45) is 4.54. The third kappa shape index (κ3) is 3.23. The molecule has 1 aromatic rings. The number of ether oxygens (including phenoxy) is 1. The first-order chi connectivity index (χ1) is 9.31. The van der Waals surface area contributed by atoms with Gasteiger partial charge in [0.15, 0.2) is 0 Å². The maximum absolute atomic E-state index is 12.9. The van der Waals surface area contributed by atoms with Gasteiger partial charge in [-0.2, -0.15) is 0 Å². The number of hydrogen-bond donors (Lipinski definition) is 0. The molecule has 2 aliphatic rings. The lowest BCUT2D eigenvalue weighted by molar-refractivity contribution is 0.170. The van der Waals surface area contributed by atoms with Crippen molar-refractivity contribution in [1.29, 1.82) is 0 Å². The topological polar surface area (TPSA) is 12.5 Å². The van der Waals surface area contributed by atoms with Gasteiger partial charge in [0, 0.05) is 26.2 Å². The molecule has 0 spiro atoms. The third-order valence-electron chi connectivity index (χ3n) is 4.05. The van der Waals surface area contributed by atoms with Crippen molar-refractivity contribution >= 4 is 5.57 Å². The Morgan fingerprint density at radius 2 is 2.11 bits per heavy atom. The Labute approximate surface area is 113 Å². The molecule has 1 atom stereocenters. The summed E-state index contributed by atoms with van der Waals surface area (Å²) in [5.74, 6) is 0.545. The fourth-order valence-electron chi connectivity index (χ4n) is 2.90. The average Bonchev–Trinajstić information content (AvgIpc) is 2.94. The molecule has 3 rings (SSSR count). The third-order valence-corrected chi connectivity index (χ3v) is 4.05. The predicted octanol–water partition coefficient (Wildman–Crippen LogP) is 2.95. The molecule has 1 saturated heterocycles. The van der Waals surface area contributed by atoms with Crippen LogP contribution >= 0.6 is 0 Å². The van der Waals surface area contributed by atoms with Crippen LogP contribution in [0.1, 0.15) is 18.4 Å². The first-order valence-corrected chi connectivity index (χ1v) is 7.06. The van der Waals surface area contributed by atoms with Crippen LogP contribution in [0.3, 0.4) is 0 Å². The number of hydrogen-bond acceptors (Lipinski definition) is 2. The molecule has 0 aromatic heterocycles. The van der Waals surface area contributed by atoms with Gasteiger partial charge in [0.05, 0.1) is 6.61 Å². The first-order valence-electron chi connectivity index (χ1n) is 7.06. The van der Waals surface area contributed by atoms with E-state index in [9.17, 15) is 4.39 Å². The van der Waals surface area contributed by atoms with Crippen molar-refractivity contribution in [1.82, 2.24) is 4.90 Å². The maximum atomic E-state index is 12.9. The van der Waals surface area contributed by atoms with Crippen molar-refractivity contribution in [3.8, 4) is 0 Å². The SMILES string of the molecule is Fc1ccc(C2=CCN(CC3CCOC3)CC2)cc1. The minimum absolute atomic E-state index is 0.164. The Kier molecular flexibility index (Phi) is 3.95. The van der Waals surface area contributed by atoms with Crippen LogP contribution in [0.5, 0.6) is 0 Å². The van der Waals surface area contributed by atoms with Gasteiger partial charge in [0.1, 0.15) is 5.82 Å². The summed E-state index contributed by atoms with van der Waals surface area (Å²) in [7, 11) is 0. The summed E-state index contributed by atoms with van der Waals surface area (Å²) < 4.78 is 18.3. The van der Waals surface area contributed by atoms with Crippen molar-refractivity contribution < 1.29 is 9.13 Å². The standard InChI is InChI=1S/C16H20FNO/c17-16-3-1-14(2-4-16)15-5-8-18(9-6-15)11-13-7-10-19-12-13/h1-5,13H,6-12H2. The highest BCUT2D eigenvalue weighted by Gasteiger charge is 2.20. The van der Waals surface area contributed by atoms with Gasteiger partial charge in [-0.25, -0.2) is 4.39 Å². The fraction of sp³-hybridized carbons (Fsp3) is 0.500. The van der Waals surface area contributed by atoms with Gasteiger partial charge in [-0.05, 0) is 42.0 Å². The van der Waals surface area contributed by atoms with Crippen molar-refractivity contribution in [2.24, 2.45) is 5.92 Å². The minimum atomic E-state index is -0.164. The van der Waals surface area contributed by atoms with E-state index >= 15 is 0 Å². The van der Waals surface area contributed by atoms with Gasteiger partial charge >= 0.3 is 0 Å². The van der Waals surface area contributed by atoms with Gasteiger partial charge in [-0.1, -0.05) is 18.2 Å². The largest absolute Gasteiger partial charge is 0.381 e. The Morgan fingerprint density at radius 1 is 1.26 bits per heavy atom. The number of benzene rings is 1. The molecule has 0 radical (unpaired) electrons. The van der Waals surface area contributed by atoms with E-state index in [1.807, 2.05) is 12.1 Å². The number of rotatable bonds is 3. The second kappa shape index (κ2) is 5.85. The second-order valence-corrected chi connectivity index (χ2v) is 5.48. The molecule has 2 heterocycles. The average molecular weight is 261 g/mol. The highest BCUT2D eigenvalue weighted by atomic mass is 19.1. The smallest absolute Gasteiger partial charge is 0.123 e. The van der Waals surface area contributed by atoms with Gasteiger partial charge in [-0.15, -0.1) is 0 Å². The Bertz CT molecular complexity index is 448. The molecule has 0 aliphatic carbocycles. The van der Waals surface area contributed by atoms with E-state index in [-0.39, 0.29) is 5.82 Å². The molecule has 2 nitrogen and oxygen atoms in total. The number of halogens is 1. The summed E-state index contributed by atoms with van der Waals surface area (Å²) in [4.78, 5) is 2.49. The molecule has 0 amide bonds. The van der Waals surface area contributed by atoms with Crippen molar-refractivity contribution in [2.45, 2.75) is 12.8 Å². The van der Waals surface area contributed by atoms with Crippen LogP contribution in [-0.4, -0.2) is 37.7 Å². The van der Waals surface area contributed by atoms with E-state index in [0.29, 0.717) is 5.92 Å². The van der Waals surface area contributed by atoms with E-state index < -0.39 is 0 Å². The van der Waals surface area contributed by atoms with Crippen LogP contribution in [0.4, 0.5) is 4.39 Å². The quantitative estimate of drug-likeness (QED) is 0.829. The molecular formula is C16H20FNO. The van der Waals surface area contributed by atoms with Crippen LogP contribution in [0.15, 0.2) is 30.3 Å². The monoisotopic (exact) mass is 261 g/mol. The second-order valence-electron chi connectivity index (χ2n) is 5.48. The Hall–Kier alpha value is -1.19. The van der Waals surface area contributed by atoms with Crippen molar-refractivity contribution in [2.75, 3.05) is 32.8 Å². The van der Waals surface area contributed by atoms with Crippen LogP contribution in [0.25, 0.3) is 5.57 Å². The van der Waals surface area contributed by atoms with E-state index in [2.05, 4.69) is 11.0 Å². The van der Waals surface area contributed by atoms with Gasteiger partial charge < -0.3 is 4.74 Å². The zero-order valence-electron chi connectivity index (χ0n) is 11.1. The molecule has 0 N–H and O–H groups in total. The fourth-order valence-corrected chi connectivity index (χ4v) is 2.90. The summed E-state index contributed by atoms with van der Waals surface area (Å²) in [6.45, 7) is 5.09. The van der Waals surface area contributed by atoms with Crippen molar-refractivity contribution in [3.05, 3.63) is 41.7 Å². The molecule has 1 fully saturated rings. The zero-order valence-corrected chi connectivity index (χ0v) is 11.1. The normalized spacial score (nSPS) is 24.5. The number of nitrogens with zero attached hydrogens (tertiary/aromatic N) is 1. The molecule has 1 aromatic carbocycles. The molecule has 1 unspecified atom stereocenters. The summed E-state index contributed by atoms with van der Waals surface area (Å²) in [5, 5.41) is 0. The minimum Gasteiger partial charge on any atom is -0.381 e. The Balaban J connectivity index is 1.58. The van der Waals surface area contributed by atoms with E-state index in [1.165, 1.54) is 12.0 Å². The summed E-state index contributed by atoms with van der Waals surface area (Å²) in [5.41, 5.74) is 2.50. The highest BCUT2D eigenvalue weighted by Crippen LogP contribution is 2.24. The van der Waals surface area contributed by atoms with Crippen LogP contribution in [0, 0.1) is 11.7 Å². The van der Waals surface area contributed by atoms with Crippen LogP contribution in [0.2, 0.25) is 0 Å². The van der Waals surface area contributed by atoms with Gasteiger partial charge in [0.2, 0.25) is 0 Å². The van der Waals surface area contributed by atoms with Crippen LogP contribution in [-0.2, 0) is 4.74 Å². The molecule has 102 valence electrons. The Morgan fingerprint density at radius 3 is 2.74 bits per heavy atom. The molecule has 2 aliphatic heterocycles. The van der Waals surface area contributed by atoms with Crippen molar-refractivity contribution in [3.63, 3.8) is 0 Å². The molecule has 0 saturated carbocycles.